The summed E-state index contributed by atoms with van der Waals surface area (Å²) in [6, 6.07) is 5.81. The van der Waals surface area contributed by atoms with E-state index >= 15 is 0 Å². The highest BCUT2D eigenvalue weighted by molar-refractivity contribution is 5.95. The van der Waals surface area contributed by atoms with E-state index in [1.165, 1.54) is 24.3 Å². The number of hydrogen-bond donors (Lipinski definition) is 2. The highest BCUT2D eigenvalue weighted by atomic mass is 16.5. The number of aromatic hydroxyl groups is 1. The molecule has 0 spiro atoms. The van der Waals surface area contributed by atoms with Crippen molar-refractivity contribution in [3.05, 3.63) is 24.3 Å². The number of rotatable bonds is 5. The maximum atomic E-state index is 10.9. The number of carboxylic acid groups (broad SMARTS) is 1. The molecule has 0 heterocycles. The van der Waals surface area contributed by atoms with Crippen LogP contribution in [0.2, 0.25) is 0 Å². The van der Waals surface area contributed by atoms with E-state index in [9.17, 15) is 9.59 Å². The van der Waals surface area contributed by atoms with E-state index in [4.69, 9.17) is 14.9 Å². The van der Waals surface area contributed by atoms with Crippen molar-refractivity contribution < 1.29 is 24.5 Å². The summed E-state index contributed by atoms with van der Waals surface area (Å²) < 4.78 is 5.00. The van der Waals surface area contributed by atoms with Crippen LogP contribution in [-0.2, 0) is 9.59 Å². The van der Waals surface area contributed by atoms with Crippen molar-refractivity contribution in [3.63, 3.8) is 0 Å². The Morgan fingerprint density at radius 1 is 1.20 bits per heavy atom. The number of hydrogen-bond acceptors (Lipinski definition) is 4. The van der Waals surface area contributed by atoms with E-state index in [2.05, 4.69) is 0 Å². The van der Waals surface area contributed by atoms with Gasteiger partial charge in [0.15, 0.2) is 5.78 Å². The predicted octanol–water partition coefficient (Wildman–Crippen LogP) is 0.815. The molecule has 0 radical (unpaired) electrons. The van der Waals surface area contributed by atoms with Gasteiger partial charge in [-0.2, -0.15) is 0 Å². The fourth-order valence-electron chi connectivity index (χ4n) is 0.926. The largest absolute Gasteiger partial charge is 0.508 e. The number of carbonyl (C=O) groups excluding carboxylic acids is 1. The molecule has 0 bridgehead atoms. The molecular weight excluding hydrogens is 200 g/mol. The van der Waals surface area contributed by atoms with Gasteiger partial charge in [-0.3, -0.25) is 9.59 Å². The van der Waals surface area contributed by atoms with E-state index in [-0.39, 0.29) is 12.4 Å². The first-order valence-corrected chi connectivity index (χ1v) is 4.23. The van der Waals surface area contributed by atoms with Gasteiger partial charge >= 0.3 is 5.97 Å². The molecule has 1 aromatic rings. The molecule has 2 N–H and O–H groups in total. The lowest BCUT2D eigenvalue weighted by Crippen LogP contribution is -2.15. The van der Waals surface area contributed by atoms with Crippen LogP contribution in [-0.4, -0.2) is 28.6 Å². The first kappa shape index (κ1) is 11.0. The van der Waals surface area contributed by atoms with Crippen LogP contribution in [0.3, 0.4) is 0 Å². The smallest absolute Gasteiger partial charge is 0.311 e. The van der Waals surface area contributed by atoms with Crippen LogP contribution in [0, 0.1) is 0 Å². The summed E-state index contributed by atoms with van der Waals surface area (Å²) in [6.45, 7) is -0.281. The van der Waals surface area contributed by atoms with Crippen LogP contribution < -0.4 is 4.74 Å². The maximum Gasteiger partial charge on any atom is 0.311 e. The van der Waals surface area contributed by atoms with Gasteiger partial charge in [0.1, 0.15) is 24.5 Å². The van der Waals surface area contributed by atoms with E-state index < -0.39 is 18.2 Å². The second-order valence-corrected chi connectivity index (χ2v) is 2.89. The summed E-state index contributed by atoms with van der Waals surface area (Å²) in [5.74, 6) is -1.17. The Balaban J connectivity index is 2.40. The lowest BCUT2D eigenvalue weighted by atomic mass is 10.3. The minimum Gasteiger partial charge on any atom is -0.508 e. The molecule has 0 aliphatic rings. The molecule has 5 nitrogen and oxygen atoms in total. The van der Waals surface area contributed by atoms with Crippen LogP contribution in [0.1, 0.15) is 6.42 Å². The normalized spacial score (nSPS) is 9.60. The minimum atomic E-state index is -1.17. The van der Waals surface area contributed by atoms with E-state index in [0.29, 0.717) is 5.75 Å². The van der Waals surface area contributed by atoms with Gasteiger partial charge < -0.3 is 14.9 Å². The summed E-state index contributed by atoms with van der Waals surface area (Å²) in [5, 5.41) is 17.3. The molecular formula is C10H10O5. The van der Waals surface area contributed by atoms with Gasteiger partial charge in [0.05, 0.1) is 0 Å². The minimum absolute atomic E-state index is 0.0965. The fraction of sp³-hybridized carbons (Fsp3) is 0.200. The SMILES string of the molecule is O=C(O)CC(=O)COc1ccc(O)cc1. The number of phenolic OH excluding ortho intramolecular Hbond substituents is 1. The molecule has 1 rings (SSSR count). The molecule has 80 valence electrons. The standard InChI is InChI=1S/C10H10O5/c11-7-1-3-9(4-2-7)15-6-8(12)5-10(13)14/h1-4,11H,5-6H2,(H,13,14). The number of phenols is 1. The Hall–Kier alpha value is -2.04. The number of Topliss-reactive ketones (excluding diaryl/α,β-unsaturated/α-hetero) is 1. The molecule has 15 heavy (non-hydrogen) atoms. The molecule has 0 saturated carbocycles. The van der Waals surface area contributed by atoms with Gasteiger partial charge in [-0.15, -0.1) is 0 Å². The molecule has 0 amide bonds. The van der Waals surface area contributed by atoms with Gasteiger partial charge in [0.2, 0.25) is 0 Å². The topological polar surface area (TPSA) is 83.8 Å². The molecule has 0 aliphatic heterocycles. The van der Waals surface area contributed by atoms with Crippen molar-refractivity contribution in [2.75, 3.05) is 6.61 Å². The van der Waals surface area contributed by atoms with Gasteiger partial charge in [0.25, 0.3) is 0 Å². The average molecular weight is 210 g/mol. The Morgan fingerprint density at radius 2 is 1.80 bits per heavy atom. The van der Waals surface area contributed by atoms with Crippen molar-refractivity contribution >= 4 is 11.8 Å². The highest BCUT2D eigenvalue weighted by Crippen LogP contribution is 2.15. The second-order valence-electron chi connectivity index (χ2n) is 2.89. The first-order valence-electron chi connectivity index (χ1n) is 4.23. The van der Waals surface area contributed by atoms with E-state index in [0.717, 1.165) is 0 Å². The number of aliphatic carboxylic acids is 1. The number of carbonyl (C=O) groups is 2. The Kier molecular flexibility index (Phi) is 3.68. The first-order chi connectivity index (χ1) is 7.08. The predicted molar refractivity (Wildman–Crippen MR) is 50.9 cm³/mol. The molecule has 0 aliphatic carbocycles. The Bertz CT molecular complexity index is 355. The lowest BCUT2D eigenvalue weighted by Gasteiger charge is -2.03. The highest BCUT2D eigenvalue weighted by Gasteiger charge is 2.08. The fourth-order valence-corrected chi connectivity index (χ4v) is 0.926. The molecule has 1 aromatic carbocycles. The van der Waals surface area contributed by atoms with E-state index in [1.807, 2.05) is 0 Å². The van der Waals surface area contributed by atoms with Crippen molar-refractivity contribution in [1.82, 2.24) is 0 Å². The maximum absolute atomic E-state index is 10.9. The molecule has 0 saturated heterocycles. The zero-order chi connectivity index (χ0) is 11.3. The Labute approximate surface area is 85.9 Å². The second kappa shape index (κ2) is 4.99. The van der Waals surface area contributed by atoms with Crippen molar-refractivity contribution in [2.24, 2.45) is 0 Å². The summed E-state index contributed by atoms with van der Waals surface area (Å²) >= 11 is 0. The third kappa shape index (κ3) is 4.12. The third-order valence-electron chi connectivity index (χ3n) is 1.58. The van der Waals surface area contributed by atoms with Crippen molar-refractivity contribution in [3.8, 4) is 11.5 Å². The zero-order valence-electron chi connectivity index (χ0n) is 7.84. The summed E-state index contributed by atoms with van der Waals surface area (Å²) in [6.07, 6.45) is -0.544. The van der Waals surface area contributed by atoms with Crippen LogP contribution >= 0.6 is 0 Å². The van der Waals surface area contributed by atoms with Crippen LogP contribution in [0.15, 0.2) is 24.3 Å². The van der Waals surface area contributed by atoms with Gasteiger partial charge in [0, 0.05) is 0 Å². The molecule has 0 unspecified atom stereocenters. The zero-order valence-corrected chi connectivity index (χ0v) is 7.84. The number of carboxylic acids is 1. The van der Waals surface area contributed by atoms with E-state index in [1.54, 1.807) is 0 Å². The quantitative estimate of drug-likeness (QED) is 0.703. The molecule has 0 fully saturated rings. The van der Waals surface area contributed by atoms with Crippen LogP contribution in [0.25, 0.3) is 0 Å². The average Bonchev–Trinajstić information content (AvgIpc) is 2.16. The van der Waals surface area contributed by atoms with Gasteiger partial charge in [-0.25, -0.2) is 0 Å². The third-order valence-corrected chi connectivity index (χ3v) is 1.58. The lowest BCUT2D eigenvalue weighted by molar-refractivity contribution is -0.140. The van der Waals surface area contributed by atoms with Gasteiger partial charge in [-0.05, 0) is 24.3 Å². The van der Waals surface area contributed by atoms with Crippen LogP contribution in [0.5, 0.6) is 11.5 Å². The van der Waals surface area contributed by atoms with Gasteiger partial charge in [-0.1, -0.05) is 0 Å². The summed E-state index contributed by atoms with van der Waals surface area (Å²) in [4.78, 5) is 21.1. The van der Waals surface area contributed by atoms with Crippen molar-refractivity contribution in [1.29, 1.82) is 0 Å². The monoisotopic (exact) mass is 210 g/mol. The summed E-state index contributed by atoms with van der Waals surface area (Å²) in [5.41, 5.74) is 0. The molecule has 0 aromatic heterocycles. The molecule has 0 atom stereocenters. The van der Waals surface area contributed by atoms with Crippen molar-refractivity contribution in [2.45, 2.75) is 6.42 Å². The number of benzene rings is 1. The molecule has 5 heteroatoms. The summed E-state index contributed by atoms with van der Waals surface area (Å²) in [7, 11) is 0. The number of ether oxygens (including phenoxy) is 1. The Morgan fingerprint density at radius 3 is 2.33 bits per heavy atom. The number of ketones is 1. The van der Waals surface area contributed by atoms with Crippen LogP contribution in [0.4, 0.5) is 0 Å².